The highest BCUT2D eigenvalue weighted by Gasteiger charge is 2.59. The molecule has 0 saturated heterocycles. The van der Waals surface area contributed by atoms with Gasteiger partial charge in [0, 0.05) is 17.3 Å². The first-order chi connectivity index (χ1) is 9.13. The van der Waals surface area contributed by atoms with Crippen molar-refractivity contribution in [3.05, 3.63) is 21.8 Å². The second kappa shape index (κ2) is 4.86. The maximum atomic E-state index is 11.2. The van der Waals surface area contributed by atoms with Crippen LogP contribution in [0.15, 0.2) is 11.6 Å². The van der Waals surface area contributed by atoms with Crippen LogP contribution >= 0.6 is 0 Å². The number of ether oxygens (including phenoxy) is 1. The average molecular weight is 281 g/mol. The largest absolute Gasteiger partial charge is 0.460 e. The van der Waals surface area contributed by atoms with Crippen molar-refractivity contribution >= 4 is 5.97 Å². The van der Waals surface area contributed by atoms with Crippen molar-refractivity contribution in [3.8, 4) is 0 Å². The number of hydrogen-bond donors (Lipinski definition) is 0. The first kappa shape index (κ1) is 15.0. The van der Waals surface area contributed by atoms with Crippen LogP contribution in [0.2, 0.25) is 0 Å². The molecule has 0 aromatic rings. The number of nitrogens with zero attached hydrogens (tertiary/aromatic N) is 1. The number of carbonyl (C=O) groups is 1. The van der Waals surface area contributed by atoms with Crippen LogP contribution in [0, 0.1) is 27.4 Å². The Hall–Kier alpha value is -1.39. The van der Waals surface area contributed by atoms with E-state index in [2.05, 4.69) is 13.0 Å². The fourth-order valence-corrected chi connectivity index (χ4v) is 4.37. The van der Waals surface area contributed by atoms with E-state index in [-0.39, 0.29) is 28.8 Å². The van der Waals surface area contributed by atoms with Gasteiger partial charge in [-0.3, -0.25) is 14.9 Å². The molecule has 5 heteroatoms. The molecule has 0 radical (unpaired) electrons. The van der Waals surface area contributed by atoms with Gasteiger partial charge < -0.3 is 4.74 Å². The molecule has 5 nitrogen and oxygen atoms in total. The smallest absolute Gasteiger partial charge is 0.303 e. The predicted octanol–water partition coefficient (Wildman–Crippen LogP) is 2.97. The van der Waals surface area contributed by atoms with Crippen LogP contribution in [-0.2, 0) is 9.53 Å². The lowest BCUT2D eigenvalue weighted by molar-refractivity contribution is -0.507. The number of hydrogen-bond acceptors (Lipinski definition) is 4. The zero-order valence-electron chi connectivity index (χ0n) is 12.6. The third-order valence-electron chi connectivity index (χ3n) is 4.57. The number of nitro groups is 1. The standard InChI is InChI=1S/C15H23NO4/c1-10-5-12-7-15(9-16(18)19,13(12)6-10)8-14(3,4)20-11(2)17/h6,12-13H,5,7-9H2,1-4H3/t12-,13-,15-/m0/s1. The van der Waals surface area contributed by atoms with E-state index in [4.69, 9.17) is 4.74 Å². The van der Waals surface area contributed by atoms with E-state index in [1.807, 2.05) is 13.8 Å². The molecule has 1 saturated carbocycles. The Morgan fingerprint density at radius 1 is 1.60 bits per heavy atom. The number of rotatable bonds is 5. The summed E-state index contributed by atoms with van der Waals surface area (Å²) in [5.41, 5.74) is 0.317. The molecule has 0 bridgehead atoms. The summed E-state index contributed by atoms with van der Waals surface area (Å²) in [6, 6.07) is 0. The summed E-state index contributed by atoms with van der Waals surface area (Å²) in [7, 11) is 0. The molecule has 0 aliphatic heterocycles. The highest BCUT2D eigenvalue weighted by molar-refractivity contribution is 5.66. The van der Waals surface area contributed by atoms with E-state index in [1.54, 1.807) is 0 Å². The van der Waals surface area contributed by atoms with E-state index in [9.17, 15) is 14.9 Å². The van der Waals surface area contributed by atoms with Crippen molar-refractivity contribution in [2.45, 2.75) is 52.6 Å². The molecule has 1 fully saturated rings. The molecule has 0 aromatic carbocycles. The summed E-state index contributed by atoms with van der Waals surface area (Å²) in [4.78, 5) is 22.0. The SMILES string of the molecule is CC(=O)OC(C)(C)C[C@]1(C[N+](=O)[O-])C[C@@H]2CC(C)=C[C@@H]21. The van der Waals surface area contributed by atoms with Crippen LogP contribution in [0.5, 0.6) is 0 Å². The van der Waals surface area contributed by atoms with Gasteiger partial charge in [-0.05, 0) is 51.9 Å². The molecule has 0 unspecified atom stereocenters. The topological polar surface area (TPSA) is 69.4 Å². The van der Waals surface area contributed by atoms with Crippen molar-refractivity contribution in [2.24, 2.45) is 17.3 Å². The van der Waals surface area contributed by atoms with Crippen LogP contribution in [0.25, 0.3) is 0 Å². The lowest BCUT2D eigenvalue weighted by atomic mass is 9.52. The number of allylic oxidation sites excluding steroid dienone is 2. The van der Waals surface area contributed by atoms with E-state index >= 15 is 0 Å². The molecule has 2 rings (SSSR count). The second-order valence-corrected chi connectivity index (χ2v) is 7.09. The van der Waals surface area contributed by atoms with Crippen molar-refractivity contribution in [3.63, 3.8) is 0 Å². The molecule has 20 heavy (non-hydrogen) atoms. The number of fused-ring (bicyclic) bond motifs is 1. The Morgan fingerprint density at radius 3 is 2.75 bits per heavy atom. The fourth-order valence-electron chi connectivity index (χ4n) is 4.37. The highest BCUT2D eigenvalue weighted by Crippen LogP contribution is 2.61. The minimum atomic E-state index is -0.656. The first-order valence-electron chi connectivity index (χ1n) is 7.12. The van der Waals surface area contributed by atoms with Gasteiger partial charge in [-0.15, -0.1) is 0 Å². The second-order valence-electron chi connectivity index (χ2n) is 7.09. The zero-order valence-corrected chi connectivity index (χ0v) is 12.6. The first-order valence-corrected chi connectivity index (χ1v) is 7.12. The van der Waals surface area contributed by atoms with Crippen molar-refractivity contribution in [1.29, 1.82) is 0 Å². The van der Waals surface area contributed by atoms with Gasteiger partial charge in [0.2, 0.25) is 6.54 Å². The minimum Gasteiger partial charge on any atom is -0.460 e. The summed E-state index contributed by atoms with van der Waals surface area (Å²) < 4.78 is 5.34. The Balaban J connectivity index is 2.17. The summed E-state index contributed by atoms with van der Waals surface area (Å²) in [5, 5.41) is 11.1. The molecule has 0 heterocycles. The van der Waals surface area contributed by atoms with Crippen molar-refractivity contribution < 1.29 is 14.5 Å². The maximum Gasteiger partial charge on any atom is 0.303 e. The molecule has 2 aliphatic carbocycles. The van der Waals surface area contributed by atoms with Crippen molar-refractivity contribution in [1.82, 2.24) is 0 Å². The quantitative estimate of drug-likeness (QED) is 0.336. The van der Waals surface area contributed by atoms with E-state index < -0.39 is 5.60 Å². The molecule has 2 aliphatic rings. The van der Waals surface area contributed by atoms with Gasteiger partial charge in [0.15, 0.2) is 0 Å². The van der Waals surface area contributed by atoms with Gasteiger partial charge in [-0.2, -0.15) is 0 Å². The normalized spacial score (nSPS) is 32.1. The molecule has 0 aromatic heterocycles. The highest BCUT2D eigenvalue weighted by atomic mass is 16.6. The van der Waals surface area contributed by atoms with E-state index in [0.717, 1.165) is 12.8 Å². The molecule has 3 atom stereocenters. The number of carbonyl (C=O) groups excluding carboxylic acids is 1. The molecular formula is C15H23NO4. The van der Waals surface area contributed by atoms with Gasteiger partial charge in [-0.25, -0.2) is 0 Å². The van der Waals surface area contributed by atoms with Gasteiger partial charge in [-0.1, -0.05) is 11.6 Å². The van der Waals surface area contributed by atoms with Crippen LogP contribution < -0.4 is 0 Å². The predicted molar refractivity (Wildman–Crippen MR) is 74.7 cm³/mol. The van der Waals surface area contributed by atoms with Gasteiger partial charge >= 0.3 is 5.97 Å². The number of esters is 1. The third kappa shape index (κ3) is 2.86. The molecule has 112 valence electrons. The van der Waals surface area contributed by atoms with Gasteiger partial charge in [0.1, 0.15) is 5.60 Å². The monoisotopic (exact) mass is 281 g/mol. The average Bonchev–Trinajstić information content (AvgIpc) is 2.51. The van der Waals surface area contributed by atoms with Gasteiger partial charge in [0.25, 0.3) is 0 Å². The van der Waals surface area contributed by atoms with Gasteiger partial charge in [0.05, 0.1) is 0 Å². The zero-order chi connectivity index (χ0) is 15.1. The van der Waals surface area contributed by atoms with Crippen LogP contribution in [-0.4, -0.2) is 23.0 Å². The Bertz CT molecular complexity index is 468. The Labute approximate surface area is 119 Å². The molecular weight excluding hydrogens is 258 g/mol. The van der Waals surface area contributed by atoms with Crippen LogP contribution in [0.3, 0.4) is 0 Å². The minimum absolute atomic E-state index is 0.0390. The maximum absolute atomic E-state index is 11.2. The van der Waals surface area contributed by atoms with E-state index in [0.29, 0.717) is 12.3 Å². The fraction of sp³-hybridized carbons (Fsp3) is 0.800. The lowest BCUT2D eigenvalue weighted by Gasteiger charge is -2.52. The Morgan fingerprint density at radius 2 is 2.25 bits per heavy atom. The van der Waals surface area contributed by atoms with Crippen molar-refractivity contribution in [2.75, 3.05) is 6.54 Å². The summed E-state index contributed by atoms with van der Waals surface area (Å²) in [6.45, 7) is 7.12. The Kier molecular flexibility index (Phi) is 3.65. The molecule has 0 spiro atoms. The summed E-state index contributed by atoms with van der Waals surface area (Å²) >= 11 is 0. The van der Waals surface area contributed by atoms with Crippen LogP contribution in [0.1, 0.15) is 47.0 Å². The molecule has 0 amide bonds. The lowest BCUT2D eigenvalue weighted by Crippen LogP contribution is -2.53. The van der Waals surface area contributed by atoms with E-state index in [1.165, 1.54) is 12.5 Å². The van der Waals surface area contributed by atoms with Crippen LogP contribution in [0.4, 0.5) is 0 Å². The summed E-state index contributed by atoms with van der Waals surface area (Å²) in [6.07, 6.45) is 4.66. The third-order valence-corrected chi connectivity index (χ3v) is 4.57. The molecule has 0 N–H and O–H groups in total. The summed E-state index contributed by atoms with van der Waals surface area (Å²) in [5.74, 6) is 0.478.